The van der Waals surface area contributed by atoms with E-state index in [0.717, 1.165) is 40.8 Å². The number of aryl methyl sites for hydroxylation is 1. The van der Waals surface area contributed by atoms with E-state index in [0.29, 0.717) is 17.2 Å². The second kappa shape index (κ2) is 7.11. The number of imidazole rings is 1. The lowest BCUT2D eigenvalue weighted by Crippen LogP contribution is -1.99. The van der Waals surface area contributed by atoms with Crippen LogP contribution in [0.25, 0.3) is 44.9 Å². The molecule has 8 nitrogen and oxygen atoms in total. The van der Waals surface area contributed by atoms with Crippen LogP contribution in [0.3, 0.4) is 0 Å². The molecule has 0 saturated carbocycles. The van der Waals surface area contributed by atoms with Gasteiger partial charge >= 0.3 is 0 Å². The number of hydrogen-bond donors (Lipinski definition) is 5. The number of fused-ring (bicyclic) bond motifs is 2. The van der Waals surface area contributed by atoms with Crippen LogP contribution in [0, 0.1) is 0 Å². The number of nitrogens with zero attached hydrogens (tertiary/aromatic N) is 3. The molecule has 0 bridgehead atoms. The van der Waals surface area contributed by atoms with Crippen LogP contribution in [0.2, 0.25) is 0 Å². The fraction of sp³-hybridized carbons (Fsp3) is 0.120. The zero-order valence-electron chi connectivity index (χ0n) is 17.8. The van der Waals surface area contributed by atoms with E-state index in [2.05, 4.69) is 27.5 Å². The summed E-state index contributed by atoms with van der Waals surface area (Å²) in [5.41, 5.74) is 7.66. The monoisotopic (exact) mass is 439 g/mol. The first-order chi connectivity index (χ1) is 16.0. The Morgan fingerprint density at radius 1 is 0.818 bits per heavy atom. The maximum atomic E-state index is 11.0. The molecule has 1 aliphatic heterocycles. The third-order valence-corrected chi connectivity index (χ3v) is 6.15. The minimum absolute atomic E-state index is 0.0563. The molecular formula is C25H21N5O3. The summed E-state index contributed by atoms with van der Waals surface area (Å²) in [5.74, 6) is 0.293. The van der Waals surface area contributed by atoms with E-state index in [-0.39, 0.29) is 17.2 Å². The second-order valence-electron chi connectivity index (χ2n) is 8.28. The zero-order valence-corrected chi connectivity index (χ0v) is 17.8. The van der Waals surface area contributed by atoms with Crippen LogP contribution < -0.4 is 5.32 Å². The normalized spacial score (nSPS) is 13.0. The van der Waals surface area contributed by atoms with Crippen LogP contribution in [0.5, 0.6) is 17.2 Å². The van der Waals surface area contributed by atoms with E-state index in [4.69, 9.17) is 4.98 Å². The summed E-state index contributed by atoms with van der Waals surface area (Å²) in [5, 5.41) is 38.2. The minimum Gasteiger partial charge on any atom is -0.504 e. The van der Waals surface area contributed by atoms with Crippen LogP contribution in [-0.2, 0) is 20.1 Å². The van der Waals surface area contributed by atoms with Gasteiger partial charge in [-0.1, -0.05) is 30.3 Å². The van der Waals surface area contributed by atoms with Crippen molar-refractivity contribution in [3.05, 3.63) is 65.7 Å². The maximum Gasteiger partial charge on any atom is 0.173 e. The van der Waals surface area contributed by atoms with Gasteiger partial charge in [0.1, 0.15) is 11.4 Å². The molecule has 0 radical (unpaired) electrons. The van der Waals surface area contributed by atoms with E-state index < -0.39 is 0 Å². The number of aromatic amines is 1. The van der Waals surface area contributed by atoms with Gasteiger partial charge in [-0.15, -0.1) is 0 Å². The van der Waals surface area contributed by atoms with Gasteiger partial charge in [0.05, 0.1) is 11.0 Å². The molecule has 0 atom stereocenters. The number of hydrogen-bond acceptors (Lipinski definition) is 6. The summed E-state index contributed by atoms with van der Waals surface area (Å²) < 4.78 is 1.63. The molecule has 3 aromatic carbocycles. The Balaban J connectivity index is 1.37. The van der Waals surface area contributed by atoms with Gasteiger partial charge in [0.25, 0.3) is 0 Å². The van der Waals surface area contributed by atoms with Crippen molar-refractivity contribution >= 4 is 11.0 Å². The van der Waals surface area contributed by atoms with Crippen LogP contribution in [0.4, 0.5) is 0 Å². The summed E-state index contributed by atoms with van der Waals surface area (Å²) in [6.07, 6.45) is 0. The molecule has 5 aromatic rings. The van der Waals surface area contributed by atoms with Crippen LogP contribution in [0.15, 0.2) is 54.6 Å². The quantitative estimate of drug-likeness (QED) is 0.271. The Kier molecular flexibility index (Phi) is 4.18. The van der Waals surface area contributed by atoms with E-state index in [1.807, 2.05) is 24.3 Å². The first-order valence-electron chi connectivity index (χ1n) is 10.6. The zero-order chi connectivity index (χ0) is 22.7. The smallest absolute Gasteiger partial charge is 0.173 e. The molecule has 33 heavy (non-hydrogen) atoms. The molecule has 0 aliphatic carbocycles. The predicted octanol–water partition coefficient (Wildman–Crippen LogP) is 4.02. The molecule has 5 N–H and O–H groups in total. The molecule has 0 amide bonds. The van der Waals surface area contributed by atoms with Crippen LogP contribution in [-0.4, -0.2) is 35.1 Å². The number of nitrogens with one attached hydrogen (secondary N) is 2. The standard InChI is InChI=1S/C25H21N5O3/c1-30-23(25-27-18-8-16-11-26-12-17(16)9-19(18)28-25)24(33)22(29-30)14-4-2-13(3-5-14)15-6-7-20(31)21(32)10-15/h2-10,26,31-33H,11-12H2,1H3,(H,27,28). The van der Waals surface area contributed by atoms with E-state index >= 15 is 0 Å². The summed E-state index contributed by atoms with van der Waals surface area (Å²) in [7, 11) is 1.78. The Morgan fingerprint density at radius 2 is 1.52 bits per heavy atom. The van der Waals surface area contributed by atoms with Crippen molar-refractivity contribution in [1.29, 1.82) is 0 Å². The van der Waals surface area contributed by atoms with Gasteiger partial charge < -0.3 is 25.6 Å². The predicted molar refractivity (Wildman–Crippen MR) is 125 cm³/mol. The average molecular weight is 439 g/mol. The highest BCUT2D eigenvalue weighted by Gasteiger charge is 2.22. The van der Waals surface area contributed by atoms with Crippen molar-refractivity contribution in [3.8, 4) is 51.2 Å². The van der Waals surface area contributed by atoms with Crippen molar-refractivity contribution in [1.82, 2.24) is 25.1 Å². The maximum absolute atomic E-state index is 11.0. The van der Waals surface area contributed by atoms with Crippen LogP contribution in [0.1, 0.15) is 11.1 Å². The Hall–Kier alpha value is -4.30. The lowest BCUT2D eigenvalue weighted by atomic mass is 10.0. The third-order valence-electron chi connectivity index (χ3n) is 6.15. The Bertz CT molecular complexity index is 1490. The molecule has 164 valence electrons. The molecule has 0 saturated heterocycles. The Labute approximate surface area is 188 Å². The topological polar surface area (TPSA) is 119 Å². The number of phenols is 2. The van der Waals surface area contributed by atoms with Gasteiger partial charge in [-0.3, -0.25) is 4.68 Å². The number of rotatable bonds is 3. The molecule has 6 rings (SSSR count). The van der Waals surface area contributed by atoms with Gasteiger partial charge in [0.15, 0.2) is 23.1 Å². The number of phenolic OH excluding ortho intramolecular Hbond substituents is 2. The molecule has 0 fully saturated rings. The summed E-state index contributed by atoms with van der Waals surface area (Å²) in [6, 6.07) is 16.4. The van der Waals surface area contributed by atoms with Crippen molar-refractivity contribution < 1.29 is 15.3 Å². The first-order valence-corrected chi connectivity index (χ1v) is 10.6. The fourth-order valence-electron chi connectivity index (χ4n) is 4.41. The molecule has 0 unspecified atom stereocenters. The highest BCUT2D eigenvalue weighted by atomic mass is 16.3. The molecule has 0 spiro atoms. The van der Waals surface area contributed by atoms with Crippen molar-refractivity contribution in [2.75, 3.05) is 0 Å². The number of aromatic nitrogens is 4. The molecule has 8 heteroatoms. The molecular weight excluding hydrogens is 418 g/mol. The SMILES string of the molecule is Cn1nc(-c2ccc(-c3ccc(O)c(O)c3)cc2)c(O)c1-c1nc2cc3c(cc2[nH]1)CNC3. The Morgan fingerprint density at radius 3 is 2.27 bits per heavy atom. The van der Waals surface area contributed by atoms with Gasteiger partial charge in [-0.05, 0) is 46.5 Å². The largest absolute Gasteiger partial charge is 0.504 e. The lowest BCUT2D eigenvalue weighted by Gasteiger charge is -2.05. The molecule has 2 aromatic heterocycles. The second-order valence-corrected chi connectivity index (χ2v) is 8.28. The van der Waals surface area contributed by atoms with Gasteiger partial charge in [0, 0.05) is 25.7 Å². The first kappa shape index (κ1) is 19.4. The summed E-state index contributed by atoms with van der Waals surface area (Å²) in [6.45, 7) is 1.69. The van der Waals surface area contributed by atoms with Crippen molar-refractivity contribution in [2.24, 2.45) is 7.05 Å². The summed E-state index contributed by atoms with van der Waals surface area (Å²) in [4.78, 5) is 8.03. The van der Waals surface area contributed by atoms with E-state index in [9.17, 15) is 15.3 Å². The highest BCUT2D eigenvalue weighted by Crippen LogP contribution is 2.38. The fourth-order valence-corrected chi connectivity index (χ4v) is 4.41. The molecule has 3 heterocycles. The van der Waals surface area contributed by atoms with E-state index in [1.165, 1.54) is 23.3 Å². The van der Waals surface area contributed by atoms with Crippen LogP contribution >= 0.6 is 0 Å². The highest BCUT2D eigenvalue weighted by molar-refractivity contribution is 5.84. The average Bonchev–Trinajstić information content (AvgIpc) is 3.50. The van der Waals surface area contributed by atoms with Gasteiger partial charge in [-0.25, -0.2) is 4.98 Å². The van der Waals surface area contributed by atoms with Crippen molar-refractivity contribution in [2.45, 2.75) is 13.1 Å². The lowest BCUT2D eigenvalue weighted by molar-refractivity contribution is 0.404. The number of aromatic hydroxyl groups is 3. The van der Waals surface area contributed by atoms with Gasteiger partial charge in [0.2, 0.25) is 0 Å². The number of benzene rings is 3. The van der Waals surface area contributed by atoms with E-state index in [1.54, 1.807) is 17.8 Å². The summed E-state index contributed by atoms with van der Waals surface area (Å²) >= 11 is 0. The van der Waals surface area contributed by atoms with Gasteiger partial charge in [-0.2, -0.15) is 5.10 Å². The minimum atomic E-state index is -0.170. The van der Waals surface area contributed by atoms with Crippen molar-refractivity contribution in [3.63, 3.8) is 0 Å². The molecule has 1 aliphatic rings. The third kappa shape index (κ3) is 3.11. The number of H-pyrrole nitrogens is 1.